The Labute approximate surface area is 545 Å². The number of hydrogen-bond acceptors (Lipinski definition) is 18. The molecule has 9 rings (SSSR count). The van der Waals surface area contributed by atoms with E-state index in [1.54, 1.807) is 97.1 Å². The summed E-state index contributed by atoms with van der Waals surface area (Å²) in [5.74, 6) is 2.83. The molecule has 3 aromatic rings. The van der Waals surface area contributed by atoms with E-state index in [4.69, 9.17) is 24.9 Å². The number of esters is 1. The number of aromatic nitrogens is 2. The van der Waals surface area contributed by atoms with Crippen molar-refractivity contribution in [1.82, 2.24) is 45.9 Å². The average Bonchev–Trinajstić information content (AvgIpc) is 1.69. The summed E-state index contributed by atoms with van der Waals surface area (Å²) in [4.78, 5) is 139. The highest BCUT2D eigenvalue weighted by Crippen LogP contribution is 2.41. The number of amides is 8. The van der Waals surface area contributed by atoms with E-state index in [2.05, 4.69) is 48.3 Å². The number of benzene rings is 2. The number of fused-ring (bicyclic) bond motifs is 2. The fraction of sp³-hybridized carbons (Fsp3) is 0.603. The number of carbonyl (C=O) groups excluding carboxylic acids is 9. The van der Waals surface area contributed by atoms with Gasteiger partial charge in [0, 0.05) is 74.3 Å². The molecule has 6 aliphatic rings. The van der Waals surface area contributed by atoms with Crippen LogP contribution in [0.1, 0.15) is 170 Å². The number of hydrogen-bond donors (Lipinski definition) is 6. The number of anilines is 4. The molecule has 7 N–H and O–H groups in total. The second-order valence-corrected chi connectivity index (χ2v) is 26.2. The molecule has 2 saturated heterocycles. The number of ether oxygens (including phenoxy) is 3. The van der Waals surface area contributed by atoms with Crippen molar-refractivity contribution in [2.75, 3.05) is 62.3 Å². The van der Waals surface area contributed by atoms with Crippen molar-refractivity contribution in [3.63, 3.8) is 0 Å². The van der Waals surface area contributed by atoms with Crippen LogP contribution >= 0.6 is 0 Å². The Balaban J connectivity index is 0.687. The van der Waals surface area contributed by atoms with E-state index >= 15 is 0 Å². The molecular formula is C68H93N13O12. The van der Waals surface area contributed by atoms with Crippen LogP contribution in [-0.4, -0.2) is 179 Å². The molecule has 0 spiro atoms. The first-order valence-corrected chi connectivity index (χ1v) is 33.2. The van der Waals surface area contributed by atoms with Gasteiger partial charge in [-0.15, -0.1) is 0 Å². The molecule has 4 fully saturated rings. The second kappa shape index (κ2) is 31.1. The maximum absolute atomic E-state index is 14.1. The van der Waals surface area contributed by atoms with E-state index in [9.17, 15) is 43.2 Å². The number of methoxy groups -OCH3 is 1. The highest BCUT2D eigenvalue weighted by Gasteiger charge is 2.46. The Kier molecular flexibility index (Phi) is 23.2. The maximum atomic E-state index is 14.1. The van der Waals surface area contributed by atoms with E-state index in [0.29, 0.717) is 90.8 Å². The van der Waals surface area contributed by atoms with Gasteiger partial charge >= 0.3 is 5.97 Å². The molecule has 25 heteroatoms. The largest absolute Gasteiger partial charge is 0.495 e. The molecule has 8 amide bonds. The summed E-state index contributed by atoms with van der Waals surface area (Å²) in [5.41, 5.74) is 9.54. The predicted octanol–water partition coefficient (Wildman–Crippen LogP) is 5.05. The minimum Gasteiger partial charge on any atom is -0.495 e. The van der Waals surface area contributed by atoms with Gasteiger partial charge in [-0.25, -0.2) is 14.7 Å². The van der Waals surface area contributed by atoms with E-state index in [0.717, 1.165) is 62.1 Å². The third-order valence-corrected chi connectivity index (χ3v) is 19.0. The van der Waals surface area contributed by atoms with Gasteiger partial charge in [0.25, 0.3) is 17.7 Å². The first-order valence-electron chi connectivity index (χ1n) is 33.2. The molecule has 2 aromatic carbocycles. The van der Waals surface area contributed by atoms with Gasteiger partial charge < -0.3 is 66.1 Å². The minimum atomic E-state index is -1.20. The molecule has 2 saturated carbocycles. The lowest BCUT2D eigenvalue weighted by atomic mass is 9.91. The Hall–Kier alpha value is -8.21. The quantitative estimate of drug-likeness (QED) is 0.0280. The highest BCUT2D eigenvalue weighted by atomic mass is 16.5. The van der Waals surface area contributed by atoms with Crippen molar-refractivity contribution in [3.8, 4) is 17.6 Å². The summed E-state index contributed by atoms with van der Waals surface area (Å²) in [7, 11) is 3.33. The summed E-state index contributed by atoms with van der Waals surface area (Å²) in [6.07, 6.45) is 11.3. The number of likely N-dealkylation sites (N-methyl/N-ethyl adjacent to an activating group) is 1. The third kappa shape index (κ3) is 15.9. The highest BCUT2D eigenvalue weighted by molar-refractivity contribution is 6.06. The van der Waals surface area contributed by atoms with Gasteiger partial charge in [-0.05, 0) is 118 Å². The van der Waals surface area contributed by atoms with Crippen LogP contribution in [0.4, 0.5) is 23.1 Å². The standard InChI is InChI=1S/C68H93N13O12/c1-10-50-64(87)77(8)53-36-71-68(76-59(53)81(50)46-19-11-12-20-46)73-49-28-23-43(35-54(49)91-9)60(83)72-45-26-24-44(25-27-45)70-31-34-92-33-14-13-17-42-18-15-21-47-48(42)37-79(63(47)86)52-29-30-55(82)80(65(52)88)38-93-67(90)58(41(6)7)75-61(84)51-22-16-32-78(51)66(89)57(40(4)5)74-62(85)56(69)39(2)3/h15,18,21,23,28,35-36,39-41,44-46,50-52,56-58,70H,10-12,14,16,19-20,22,24-27,29-34,37-38,69H2,1-9H3,(H,72,83)(H,74,85)(H,75,84)(H,71,73,76)/t44?,45?,50-,51+,52?,56+,57+,58+/m1/s1. The smallest absolute Gasteiger partial charge is 0.330 e. The van der Waals surface area contributed by atoms with Gasteiger partial charge in [-0.1, -0.05) is 79.2 Å². The zero-order chi connectivity index (χ0) is 66.8. The van der Waals surface area contributed by atoms with Crippen LogP contribution in [0.15, 0.2) is 42.6 Å². The summed E-state index contributed by atoms with van der Waals surface area (Å²) in [5, 5.41) is 15.6. The molecule has 502 valence electrons. The van der Waals surface area contributed by atoms with E-state index in [1.165, 1.54) is 9.80 Å². The molecular weight excluding hydrogens is 1190 g/mol. The van der Waals surface area contributed by atoms with E-state index in [1.807, 2.05) is 13.0 Å². The summed E-state index contributed by atoms with van der Waals surface area (Å²) < 4.78 is 17.2. The molecule has 1 aromatic heterocycles. The van der Waals surface area contributed by atoms with Crippen LogP contribution in [0, 0.1) is 29.6 Å². The van der Waals surface area contributed by atoms with Gasteiger partial charge in [0.05, 0.1) is 38.2 Å². The normalized spacial score (nSPS) is 21.7. The van der Waals surface area contributed by atoms with Gasteiger partial charge in [-0.2, -0.15) is 4.98 Å². The van der Waals surface area contributed by atoms with Crippen molar-refractivity contribution < 1.29 is 57.4 Å². The number of nitrogens with zero attached hydrogens (tertiary/aromatic N) is 7. The maximum Gasteiger partial charge on any atom is 0.330 e. The Bertz CT molecular complexity index is 3330. The number of carbonyl (C=O) groups is 9. The molecule has 1 unspecified atom stereocenters. The molecule has 0 radical (unpaired) electrons. The topological polar surface area (TPSA) is 309 Å². The number of nitrogens with two attached hydrogens (primary N) is 1. The summed E-state index contributed by atoms with van der Waals surface area (Å²) in [6, 6.07) is 5.88. The number of piperidine rings is 1. The SMILES string of the molecule is CC[C@@H]1C(=O)N(C)c2cnc(Nc3ccc(C(=O)NC4CCC(NCCOCCC#Cc5cccc6c5CN(C5CCC(=O)N(COC(=O)[C@@H](NC(=O)[C@@H]7CCCN7C(=O)[C@@H](NC(=O)[C@@H](N)C(C)C)C(C)C)C(C)C)C5=O)C6=O)CC4)cc3OC)nc2N1C1CCCC1. The van der Waals surface area contributed by atoms with Gasteiger partial charge in [-0.3, -0.25) is 38.4 Å². The number of rotatable bonds is 25. The Morgan fingerprint density at radius 2 is 1.56 bits per heavy atom. The average molecular weight is 1280 g/mol. The zero-order valence-electron chi connectivity index (χ0n) is 55.2. The lowest BCUT2D eigenvalue weighted by Gasteiger charge is -2.43. The Morgan fingerprint density at radius 1 is 0.828 bits per heavy atom. The number of nitrogens with one attached hydrogen (secondary N) is 5. The lowest BCUT2D eigenvalue weighted by Crippen LogP contribution is -2.59. The molecule has 5 heterocycles. The summed E-state index contributed by atoms with van der Waals surface area (Å²) in [6.45, 7) is 13.8. The van der Waals surface area contributed by atoms with Crippen LogP contribution in [-0.2, 0) is 49.6 Å². The van der Waals surface area contributed by atoms with E-state index in [-0.39, 0.29) is 79.7 Å². The van der Waals surface area contributed by atoms with Crippen LogP contribution in [0.3, 0.4) is 0 Å². The zero-order valence-corrected chi connectivity index (χ0v) is 55.2. The fourth-order valence-corrected chi connectivity index (χ4v) is 13.4. The molecule has 2 aliphatic carbocycles. The number of likely N-dealkylation sites (tertiary alicyclic amines) is 2. The van der Waals surface area contributed by atoms with Gasteiger partial charge in [0.2, 0.25) is 35.5 Å². The van der Waals surface area contributed by atoms with Gasteiger partial charge in [0.15, 0.2) is 12.5 Å². The van der Waals surface area contributed by atoms with Crippen molar-refractivity contribution in [2.24, 2.45) is 23.5 Å². The summed E-state index contributed by atoms with van der Waals surface area (Å²) >= 11 is 0. The second-order valence-electron chi connectivity index (χ2n) is 26.2. The number of imide groups is 1. The van der Waals surface area contributed by atoms with Crippen molar-refractivity contribution >= 4 is 76.4 Å². The van der Waals surface area contributed by atoms with Crippen LogP contribution in [0.2, 0.25) is 0 Å². The van der Waals surface area contributed by atoms with E-state index < -0.39 is 78.4 Å². The molecule has 25 nitrogen and oxygen atoms in total. The van der Waals surface area contributed by atoms with Crippen molar-refractivity contribution in [2.45, 2.75) is 199 Å². The molecule has 93 heavy (non-hydrogen) atoms. The minimum absolute atomic E-state index is 0.0223. The van der Waals surface area contributed by atoms with Crippen LogP contribution < -0.4 is 46.9 Å². The fourth-order valence-electron chi connectivity index (χ4n) is 13.4. The predicted molar refractivity (Wildman–Crippen MR) is 348 cm³/mol. The first kappa shape index (κ1) is 69.1. The molecule has 4 aliphatic heterocycles. The molecule has 6 atom stereocenters. The lowest BCUT2D eigenvalue weighted by molar-refractivity contribution is -0.166. The third-order valence-electron chi connectivity index (χ3n) is 19.0. The van der Waals surface area contributed by atoms with Crippen LogP contribution in [0.5, 0.6) is 5.75 Å². The van der Waals surface area contributed by atoms with Crippen molar-refractivity contribution in [1.29, 1.82) is 0 Å². The Morgan fingerprint density at radius 3 is 2.26 bits per heavy atom. The molecule has 0 bridgehead atoms. The van der Waals surface area contributed by atoms with Crippen molar-refractivity contribution in [3.05, 3.63) is 64.8 Å². The monoisotopic (exact) mass is 1280 g/mol. The van der Waals surface area contributed by atoms with Crippen LogP contribution in [0.25, 0.3) is 0 Å². The first-order chi connectivity index (χ1) is 44.6. The van der Waals surface area contributed by atoms with Gasteiger partial charge in [0.1, 0.15) is 41.6 Å².